The molecule has 2 aromatic carbocycles. The number of nitrogens with zero attached hydrogens (tertiary/aromatic N) is 2. The molecule has 0 unspecified atom stereocenters. The smallest absolute Gasteiger partial charge is 0.349 e. The van der Waals surface area contributed by atoms with Crippen molar-refractivity contribution in [2.75, 3.05) is 11.1 Å². The maximum absolute atomic E-state index is 12.2. The Balaban J connectivity index is 1.44. The Morgan fingerprint density at radius 2 is 1.86 bits per heavy atom. The number of para-hydroxylation sites is 1. The van der Waals surface area contributed by atoms with E-state index < -0.39 is 5.63 Å². The maximum atomic E-state index is 12.2. The van der Waals surface area contributed by atoms with E-state index in [1.165, 1.54) is 0 Å². The summed E-state index contributed by atoms with van der Waals surface area (Å²) in [4.78, 5) is 24.2. The van der Waals surface area contributed by atoms with Crippen LogP contribution in [0.15, 0.2) is 73.4 Å². The zero-order chi connectivity index (χ0) is 19.5. The Morgan fingerprint density at radius 1 is 1.07 bits per heavy atom. The third-order valence-electron chi connectivity index (χ3n) is 3.73. The van der Waals surface area contributed by atoms with E-state index in [2.05, 4.69) is 15.5 Å². The average Bonchev–Trinajstić information content (AvgIpc) is 3.16. The first-order valence-electron chi connectivity index (χ1n) is 8.13. The molecule has 2 heterocycles. The van der Waals surface area contributed by atoms with Crippen molar-refractivity contribution in [2.24, 2.45) is 0 Å². The van der Waals surface area contributed by atoms with Crippen LogP contribution in [-0.2, 0) is 4.79 Å². The third kappa shape index (κ3) is 4.08. The monoisotopic (exact) mass is 413 g/mol. The highest BCUT2D eigenvalue weighted by Crippen LogP contribution is 2.24. The largest absolute Gasteiger partial charge is 0.422 e. The highest BCUT2D eigenvalue weighted by molar-refractivity contribution is 7.99. The highest BCUT2D eigenvalue weighted by Gasteiger charge is 2.16. The van der Waals surface area contributed by atoms with Crippen molar-refractivity contribution in [1.29, 1.82) is 0 Å². The van der Waals surface area contributed by atoms with Gasteiger partial charge in [0.25, 0.3) is 11.1 Å². The molecule has 0 spiro atoms. The van der Waals surface area contributed by atoms with Gasteiger partial charge in [-0.2, -0.15) is 0 Å². The molecule has 140 valence electrons. The Kier molecular flexibility index (Phi) is 5.14. The van der Waals surface area contributed by atoms with Crippen molar-refractivity contribution < 1.29 is 13.6 Å². The van der Waals surface area contributed by atoms with E-state index in [1.54, 1.807) is 42.5 Å². The zero-order valence-electron chi connectivity index (χ0n) is 14.2. The molecule has 0 saturated heterocycles. The Bertz CT molecular complexity index is 1200. The van der Waals surface area contributed by atoms with E-state index in [-0.39, 0.29) is 28.3 Å². The van der Waals surface area contributed by atoms with Gasteiger partial charge in [-0.05, 0) is 36.4 Å². The average molecular weight is 414 g/mol. The lowest BCUT2D eigenvalue weighted by atomic mass is 10.2. The second-order valence-corrected chi connectivity index (χ2v) is 7.07. The number of anilines is 1. The molecule has 1 amide bonds. The van der Waals surface area contributed by atoms with Gasteiger partial charge in [-0.1, -0.05) is 41.6 Å². The van der Waals surface area contributed by atoms with Gasteiger partial charge >= 0.3 is 5.63 Å². The number of amides is 1. The molecule has 0 aliphatic carbocycles. The van der Waals surface area contributed by atoms with Crippen molar-refractivity contribution in [3.8, 4) is 11.5 Å². The molecule has 0 radical (unpaired) electrons. The van der Waals surface area contributed by atoms with Crippen molar-refractivity contribution in [1.82, 2.24) is 10.2 Å². The number of rotatable bonds is 5. The fourth-order valence-electron chi connectivity index (χ4n) is 2.45. The molecule has 9 heteroatoms. The number of hydrogen-bond donors (Lipinski definition) is 1. The Hall–Kier alpha value is -3.10. The van der Waals surface area contributed by atoms with Gasteiger partial charge < -0.3 is 14.2 Å². The van der Waals surface area contributed by atoms with E-state index in [0.29, 0.717) is 16.3 Å². The first-order chi connectivity index (χ1) is 13.6. The van der Waals surface area contributed by atoms with E-state index in [1.807, 2.05) is 12.1 Å². The standard InChI is InChI=1S/C19H12ClN3O4S/c20-12-5-7-13(8-6-12)21-16(24)10-28-19-23-22-17(27-19)14-9-11-3-1-2-4-15(11)26-18(14)25/h1-9H,10H2,(H,21,24). The van der Waals surface area contributed by atoms with Gasteiger partial charge in [-0.15, -0.1) is 10.2 Å². The molecule has 7 nitrogen and oxygen atoms in total. The third-order valence-corrected chi connectivity index (χ3v) is 4.80. The number of carbonyl (C=O) groups excluding carboxylic acids is 1. The molecule has 0 aliphatic rings. The van der Waals surface area contributed by atoms with Gasteiger partial charge in [0.05, 0.1) is 5.75 Å². The predicted molar refractivity (Wildman–Crippen MR) is 107 cm³/mol. The van der Waals surface area contributed by atoms with Crippen LogP contribution >= 0.6 is 23.4 Å². The molecule has 0 atom stereocenters. The summed E-state index contributed by atoms with van der Waals surface area (Å²) in [5.74, 6) is -0.131. The van der Waals surface area contributed by atoms with Crippen LogP contribution in [0.25, 0.3) is 22.4 Å². The lowest BCUT2D eigenvalue weighted by molar-refractivity contribution is -0.113. The van der Waals surface area contributed by atoms with Gasteiger partial charge in [0.15, 0.2) is 0 Å². The summed E-state index contributed by atoms with van der Waals surface area (Å²) in [6, 6.07) is 15.5. The normalized spacial score (nSPS) is 10.9. The zero-order valence-corrected chi connectivity index (χ0v) is 15.8. The first kappa shape index (κ1) is 18.3. The first-order valence-corrected chi connectivity index (χ1v) is 9.50. The number of thioether (sulfide) groups is 1. The van der Waals surface area contributed by atoms with Gasteiger partial charge in [0.1, 0.15) is 11.1 Å². The molecule has 2 aromatic heterocycles. The Morgan fingerprint density at radius 3 is 2.68 bits per heavy atom. The lowest BCUT2D eigenvalue weighted by Crippen LogP contribution is -2.13. The van der Waals surface area contributed by atoms with E-state index >= 15 is 0 Å². The topological polar surface area (TPSA) is 98.2 Å². The summed E-state index contributed by atoms with van der Waals surface area (Å²) >= 11 is 6.88. The van der Waals surface area contributed by atoms with Crippen molar-refractivity contribution in [2.45, 2.75) is 5.22 Å². The van der Waals surface area contributed by atoms with Gasteiger partial charge in [0, 0.05) is 16.1 Å². The molecule has 28 heavy (non-hydrogen) atoms. The van der Waals surface area contributed by atoms with E-state index in [4.69, 9.17) is 20.4 Å². The number of halogens is 1. The number of hydrogen-bond acceptors (Lipinski definition) is 7. The minimum Gasteiger partial charge on any atom is -0.422 e. The number of benzene rings is 2. The molecule has 0 aliphatic heterocycles. The fraction of sp³-hybridized carbons (Fsp3) is 0.0526. The Labute approximate surface area is 167 Å². The minimum atomic E-state index is -0.570. The number of fused-ring (bicyclic) bond motifs is 1. The quantitative estimate of drug-likeness (QED) is 0.386. The second kappa shape index (κ2) is 7.87. The maximum Gasteiger partial charge on any atom is 0.349 e. The van der Waals surface area contributed by atoms with Crippen LogP contribution < -0.4 is 10.9 Å². The van der Waals surface area contributed by atoms with E-state index in [9.17, 15) is 9.59 Å². The summed E-state index contributed by atoms with van der Waals surface area (Å²) in [6.45, 7) is 0. The molecule has 4 aromatic rings. The highest BCUT2D eigenvalue weighted by atomic mass is 35.5. The SMILES string of the molecule is O=C(CSc1nnc(-c2cc3ccccc3oc2=O)o1)Nc1ccc(Cl)cc1. The summed E-state index contributed by atoms with van der Waals surface area (Å²) in [5, 5.41) is 12.0. The molecule has 4 rings (SSSR count). The molecule has 0 bridgehead atoms. The summed E-state index contributed by atoms with van der Waals surface area (Å²) in [7, 11) is 0. The minimum absolute atomic E-state index is 0.0418. The van der Waals surface area contributed by atoms with Gasteiger partial charge in [-0.3, -0.25) is 4.79 Å². The van der Waals surface area contributed by atoms with Crippen LogP contribution in [0.3, 0.4) is 0 Å². The molecule has 1 N–H and O–H groups in total. The van der Waals surface area contributed by atoms with E-state index in [0.717, 1.165) is 17.1 Å². The second-order valence-electron chi connectivity index (χ2n) is 5.70. The molecular weight excluding hydrogens is 402 g/mol. The van der Waals surface area contributed by atoms with Crippen molar-refractivity contribution in [3.05, 3.63) is 70.0 Å². The van der Waals surface area contributed by atoms with Crippen LogP contribution in [0.1, 0.15) is 0 Å². The lowest BCUT2D eigenvalue weighted by Gasteiger charge is -2.03. The van der Waals surface area contributed by atoms with Crippen LogP contribution in [0.5, 0.6) is 0 Å². The van der Waals surface area contributed by atoms with Crippen molar-refractivity contribution >= 4 is 45.9 Å². The predicted octanol–water partition coefficient (Wildman–Crippen LogP) is 4.23. The summed E-state index contributed by atoms with van der Waals surface area (Å²) < 4.78 is 10.8. The molecular formula is C19H12ClN3O4S. The fourth-order valence-corrected chi connectivity index (χ4v) is 3.13. The summed E-state index contributed by atoms with van der Waals surface area (Å²) in [5.41, 5.74) is 0.710. The molecule has 0 saturated carbocycles. The number of carbonyl (C=O) groups is 1. The van der Waals surface area contributed by atoms with Gasteiger partial charge in [0.2, 0.25) is 5.91 Å². The summed E-state index contributed by atoms with van der Waals surface area (Å²) in [6.07, 6.45) is 0. The van der Waals surface area contributed by atoms with Crippen molar-refractivity contribution in [3.63, 3.8) is 0 Å². The number of aromatic nitrogens is 2. The van der Waals surface area contributed by atoms with Crippen LogP contribution in [0, 0.1) is 0 Å². The number of nitrogens with one attached hydrogen (secondary N) is 1. The molecule has 0 fully saturated rings. The van der Waals surface area contributed by atoms with Gasteiger partial charge in [-0.25, -0.2) is 4.79 Å². The van der Waals surface area contributed by atoms with Crippen LogP contribution in [0.4, 0.5) is 5.69 Å². The van der Waals surface area contributed by atoms with Crippen LogP contribution in [0.2, 0.25) is 5.02 Å². The van der Waals surface area contributed by atoms with Crippen LogP contribution in [-0.4, -0.2) is 21.9 Å².